The number of nitrogens with one attached hydrogen (secondary N) is 1. The standard InChI is InChI=1S/C19H16ClN5O2/c1-2-16-22-23-18-14-5-3-4-6-15(14)24(19(27)25(16)18)11-17(26)21-13-9-7-12(20)8-10-13/h3-10H,2,11H2,1H3,(H,21,26). The minimum atomic E-state index is -0.336. The van der Waals surface area contributed by atoms with Gasteiger partial charge in [-0.05, 0) is 36.4 Å². The van der Waals surface area contributed by atoms with Crippen molar-refractivity contribution in [2.24, 2.45) is 0 Å². The normalized spacial score (nSPS) is 11.2. The Labute approximate surface area is 159 Å². The summed E-state index contributed by atoms with van der Waals surface area (Å²) in [4.78, 5) is 25.6. The van der Waals surface area contributed by atoms with E-state index in [9.17, 15) is 9.59 Å². The highest BCUT2D eigenvalue weighted by Crippen LogP contribution is 2.18. The maximum absolute atomic E-state index is 13.1. The number of para-hydroxylation sites is 1. The van der Waals surface area contributed by atoms with Crippen LogP contribution in [0.25, 0.3) is 16.6 Å². The number of amides is 1. The van der Waals surface area contributed by atoms with Gasteiger partial charge in [0.2, 0.25) is 5.91 Å². The van der Waals surface area contributed by atoms with Crippen molar-refractivity contribution in [1.82, 2.24) is 19.2 Å². The fourth-order valence-corrected chi connectivity index (χ4v) is 3.20. The highest BCUT2D eigenvalue weighted by molar-refractivity contribution is 6.30. The molecular formula is C19H16ClN5O2. The molecule has 0 bridgehead atoms. The van der Waals surface area contributed by atoms with E-state index in [-0.39, 0.29) is 18.1 Å². The molecule has 0 aliphatic heterocycles. The first kappa shape index (κ1) is 17.2. The highest BCUT2D eigenvalue weighted by Gasteiger charge is 2.17. The average molecular weight is 382 g/mol. The van der Waals surface area contributed by atoms with Crippen molar-refractivity contribution in [2.75, 3.05) is 5.32 Å². The molecule has 4 aromatic rings. The van der Waals surface area contributed by atoms with Crippen LogP contribution in [0.4, 0.5) is 5.69 Å². The van der Waals surface area contributed by atoms with Gasteiger partial charge in [-0.3, -0.25) is 9.36 Å². The predicted octanol–water partition coefficient (Wildman–Crippen LogP) is 2.90. The summed E-state index contributed by atoms with van der Waals surface area (Å²) in [6.07, 6.45) is 0.561. The van der Waals surface area contributed by atoms with Gasteiger partial charge >= 0.3 is 5.69 Å². The third kappa shape index (κ3) is 3.06. The van der Waals surface area contributed by atoms with Crippen molar-refractivity contribution in [3.8, 4) is 0 Å². The SMILES string of the molecule is CCc1nnc2c3ccccc3n(CC(=O)Nc3ccc(Cl)cc3)c(=O)n12. The van der Waals surface area contributed by atoms with E-state index in [0.717, 1.165) is 5.39 Å². The molecule has 4 rings (SSSR count). The van der Waals surface area contributed by atoms with E-state index in [1.165, 1.54) is 8.97 Å². The Hall–Kier alpha value is -3.19. The molecule has 7 nitrogen and oxygen atoms in total. The Balaban J connectivity index is 1.80. The van der Waals surface area contributed by atoms with Gasteiger partial charge in [-0.15, -0.1) is 10.2 Å². The Kier molecular flexibility index (Phi) is 4.37. The van der Waals surface area contributed by atoms with Crippen LogP contribution in [-0.4, -0.2) is 25.1 Å². The number of halogens is 1. The molecule has 0 radical (unpaired) electrons. The Morgan fingerprint density at radius 2 is 1.85 bits per heavy atom. The van der Waals surface area contributed by atoms with Crippen LogP contribution < -0.4 is 11.0 Å². The van der Waals surface area contributed by atoms with E-state index in [1.54, 1.807) is 30.3 Å². The van der Waals surface area contributed by atoms with Crippen LogP contribution in [-0.2, 0) is 17.8 Å². The van der Waals surface area contributed by atoms with E-state index in [2.05, 4.69) is 15.5 Å². The molecule has 0 spiro atoms. The number of rotatable bonds is 4. The molecule has 0 unspecified atom stereocenters. The molecule has 136 valence electrons. The first-order chi connectivity index (χ1) is 13.1. The number of carbonyl (C=O) groups excluding carboxylic acids is 1. The zero-order chi connectivity index (χ0) is 19.0. The van der Waals surface area contributed by atoms with Gasteiger partial charge < -0.3 is 5.32 Å². The lowest BCUT2D eigenvalue weighted by Gasteiger charge is -2.12. The summed E-state index contributed by atoms with van der Waals surface area (Å²) in [6, 6.07) is 14.1. The number of anilines is 1. The van der Waals surface area contributed by atoms with Crippen LogP contribution in [0.5, 0.6) is 0 Å². The van der Waals surface area contributed by atoms with E-state index < -0.39 is 0 Å². The van der Waals surface area contributed by atoms with Gasteiger partial charge in [0.25, 0.3) is 0 Å². The summed E-state index contributed by atoms with van der Waals surface area (Å²) in [7, 11) is 0. The van der Waals surface area contributed by atoms with E-state index >= 15 is 0 Å². The van der Waals surface area contributed by atoms with Gasteiger partial charge in [0.1, 0.15) is 12.4 Å². The number of carbonyl (C=O) groups is 1. The van der Waals surface area contributed by atoms with Crippen LogP contribution in [0.15, 0.2) is 53.3 Å². The molecule has 8 heteroatoms. The third-order valence-electron chi connectivity index (χ3n) is 4.33. The number of hydrogen-bond donors (Lipinski definition) is 1. The van der Waals surface area contributed by atoms with Gasteiger partial charge in [-0.1, -0.05) is 30.7 Å². The van der Waals surface area contributed by atoms with Crippen molar-refractivity contribution in [2.45, 2.75) is 19.9 Å². The molecular weight excluding hydrogens is 366 g/mol. The molecule has 27 heavy (non-hydrogen) atoms. The van der Waals surface area contributed by atoms with Gasteiger partial charge in [-0.25, -0.2) is 9.20 Å². The summed E-state index contributed by atoms with van der Waals surface area (Å²) in [5.41, 5.74) is 1.41. The first-order valence-corrected chi connectivity index (χ1v) is 8.87. The molecule has 1 amide bonds. The average Bonchev–Trinajstić information content (AvgIpc) is 3.11. The third-order valence-corrected chi connectivity index (χ3v) is 4.59. The second kappa shape index (κ2) is 6.85. The van der Waals surface area contributed by atoms with Gasteiger partial charge in [0.05, 0.1) is 5.52 Å². The molecule has 2 heterocycles. The lowest BCUT2D eigenvalue weighted by Crippen LogP contribution is -2.32. The van der Waals surface area contributed by atoms with Gasteiger partial charge in [0.15, 0.2) is 5.65 Å². The molecule has 0 aliphatic rings. The fourth-order valence-electron chi connectivity index (χ4n) is 3.07. The highest BCUT2D eigenvalue weighted by atomic mass is 35.5. The van der Waals surface area contributed by atoms with Gasteiger partial charge in [-0.2, -0.15) is 0 Å². The molecule has 2 aromatic heterocycles. The molecule has 0 aliphatic carbocycles. The molecule has 0 saturated heterocycles. The van der Waals surface area contributed by atoms with Crippen LogP contribution in [0.3, 0.4) is 0 Å². The van der Waals surface area contributed by atoms with E-state index in [4.69, 9.17) is 11.6 Å². The number of fused-ring (bicyclic) bond motifs is 3. The minimum absolute atomic E-state index is 0.126. The Morgan fingerprint density at radius 3 is 2.59 bits per heavy atom. The number of aryl methyl sites for hydroxylation is 1. The lowest BCUT2D eigenvalue weighted by molar-refractivity contribution is -0.116. The van der Waals surface area contributed by atoms with Crippen molar-refractivity contribution in [3.63, 3.8) is 0 Å². The van der Waals surface area contributed by atoms with Crippen molar-refractivity contribution < 1.29 is 4.79 Å². The van der Waals surface area contributed by atoms with Crippen molar-refractivity contribution in [1.29, 1.82) is 0 Å². The number of aromatic nitrogens is 4. The summed E-state index contributed by atoms with van der Waals surface area (Å²) in [6.45, 7) is 1.78. The zero-order valence-electron chi connectivity index (χ0n) is 14.5. The van der Waals surface area contributed by atoms with E-state index in [0.29, 0.717) is 34.1 Å². The zero-order valence-corrected chi connectivity index (χ0v) is 15.3. The second-order valence-corrected chi connectivity index (χ2v) is 6.51. The minimum Gasteiger partial charge on any atom is -0.325 e. The number of nitrogens with zero attached hydrogens (tertiary/aromatic N) is 4. The topological polar surface area (TPSA) is 81.3 Å². The molecule has 2 aromatic carbocycles. The van der Waals surface area contributed by atoms with Crippen LogP contribution >= 0.6 is 11.6 Å². The summed E-state index contributed by atoms with van der Waals surface area (Å²) in [5, 5.41) is 12.4. The maximum Gasteiger partial charge on any atom is 0.336 e. The van der Waals surface area contributed by atoms with Crippen LogP contribution in [0, 0.1) is 0 Å². The summed E-state index contributed by atoms with van der Waals surface area (Å²) >= 11 is 5.86. The Morgan fingerprint density at radius 1 is 1.11 bits per heavy atom. The maximum atomic E-state index is 13.1. The quantitative estimate of drug-likeness (QED) is 0.589. The monoisotopic (exact) mass is 381 g/mol. The first-order valence-electron chi connectivity index (χ1n) is 8.49. The molecule has 1 N–H and O–H groups in total. The molecule has 0 saturated carbocycles. The number of hydrogen-bond acceptors (Lipinski definition) is 4. The van der Waals surface area contributed by atoms with Crippen LogP contribution in [0.1, 0.15) is 12.7 Å². The van der Waals surface area contributed by atoms with Crippen LogP contribution in [0.2, 0.25) is 5.02 Å². The van der Waals surface area contributed by atoms with E-state index in [1.807, 2.05) is 25.1 Å². The number of benzene rings is 2. The Bertz CT molecular complexity index is 1210. The smallest absolute Gasteiger partial charge is 0.325 e. The van der Waals surface area contributed by atoms with Gasteiger partial charge in [0, 0.05) is 22.5 Å². The summed E-state index contributed by atoms with van der Waals surface area (Å²) in [5.74, 6) is 0.252. The van der Waals surface area contributed by atoms with Crippen molar-refractivity contribution in [3.05, 3.63) is 69.9 Å². The predicted molar refractivity (Wildman–Crippen MR) is 104 cm³/mol. The largest absolute Gasteiger partial charge is 0.336 e. The van der Waals surface area contributed by atoms with Crippen molar-refractivity contribution >= 4 is 39.7 Å². The molecule has 0 fully saturated rings. The molecule has 0 atom stereocenters. The lowest BCUT2D eigenvalue weighted by atomic mass is 10.2. The fraction of sp³-hybridized carbons (Fsp3) is 0.158. The summed E-state index contributed by atoms with van der Waals surface area (Å²) < 4.78 is 2.91. The second-order valence-electron chi connectivity index (χ2n) is 6.07.